The van der Waals surface area contributed by atoms with Gasteiger partial charge in [0.05, 0.1) is 0 Å². The molecule has 1 aromatic carbocycles. The van der Waals surface area contributed by atoms with Crippen molar-refractivity contribution in [3.05, 3.63) is 47.2 Å². The second kappa shape index (κ2) is 5.04. The van der Waals surface area contributed by atoms with Gasteiger partial charge in [-0.1, -0.05) is 30.3 Å². The van der Waals surface area contributed by atoms with Gasteiger partial charge in [-0.05, 0) is 30.7 Å². The zero-order valence-electron chi connectivity index (χ0n) is 10.0. The minimum Gasteiger partial charge on any atom is -0.477 e. The van der Waals surface area contributed by atoms with Crippen LogP contribution in [0.5, 0.6) is 0 Å². The maximum atomic E-state index is 10.8. The van der Waals surface area contributed by atoms with E-state index in [1.165, 1.54) is 5.56 Å². The highest BCUT2D eigenvalue weighted by Gasteiger charge is 2.25. The van der Waals surface area contributed by atoms with E-state index in [-0.39, 0.29) is 5.70 Å². The number of nitrogens with two attached hydrogens (primary N) is 1. The number of nitrogens with one attached hydrogen (secondary N) is 1. The van der Waals surface area contributed by atoms with Crippen LogP contribution in [-0.2, 0) is 4.79 Å². The van der Waals surface area contributed by atoms with E-state index in [9.17, 15) is 4.79 Å². The molecule has 0 aliphatic heterocycles. The van der Waals surface area contributed by atoms with Crippen molar-refractivity contribution in [2.75, 3.05) is 0 Å². The van der Waals surface area contributed by atoms with Crippen LogP contribution in [-0.4, -0.2) is 16.8 Å². The fourth-order valence-corrected chi connectivity index (χ4v) is 2.38. The summed E-state index contributed by atoms with van der Waals surface area (Å²) in [6, 6.07) is 10.0. The van der Waals surface area contributed by atoms with Crippen LogP contribution in [0.25, 0.3) is 0 Å². The minimum absolute atomic E-state index is 0.175. The molecule has 1 unspecified atom stereocenters. The molecule has 1 atom stereocenters. The van der Waals surface area contributed by atoms with Crippen LogP contribution in [0.4, 0.5) is 0 Å². The van der Waals surface area contributed by atoms with Crippen molar-refractivity contribution in [2.24, 2.45) is 5.73 Å². The van der Waals surface area contributed by atoms with E-state index in [1.807, 2.05) is 30.3 Å². The Morgan fingerprint density at radius 1 is 1.33 bits per heavy atom. The maximum absolute atomic E-state index is 10.8. The molecular formula is C14H16N2O2. The minimum atomic E-state index is -1.13. The third kappa shape index (κ3) is 2.42. The van der Waals surface area contributed by atoms with Gasteiger partial charge in [-0.25, -0.2) is 4.79 Å². The Morgan fingerprint density at radius 3 is 2.56 bits per heavy atom. The summed E-state index contributed by atoms with van der Waals surface area (Å²) in [4.78, 5) is 10.8. The Bertz CT molecular complexity index is 506. The summed E-state index contributed by atoms with van der Waals surface area (Å²) in [5, 5.41) is 16.8. The molecule has 4 heteroatoms. The Hall–Kier alpha value is -2.10. The predicted octanol–water partition coefficient (Wildman–Crippen LogP) is 2.27. The summed E-state index contributed by atoms with van der Waals surface area (Å²) in [7, 11) is 0. The van der Waals surface area contributed by atoms with E-state index >= 15 is 0 Å². The number of carboxylic acid groups (broad SMARTS) is 1. The van der Waals surface area contributed by atoms with Gasteiger partial charge in [0.15, 0.2) is 0 Å². The van der Waals surface area contributed by atoms with E-state index in [4.69, 9.17) is 16.2 Å². The van der Waals surface area contributed by atoms with Crippen LogP contribution in [0, 0.1) is 5.41 Å². The Labute approximate surface area is 106 Å². The van der Waals surface area contributed by atoms with Gasteiger partial charge in [-0.2, -0.15) is 0 Å². The van der Waals surface area contributed by atoms with Gasteiger partial charge in [0.2, 0.25) is 0 Å². The first-order chi connectivity index (χ1) is 8.59. The van der Waals surface area contributed by atoms with E-state index in [0.29, 0.717) is 30.0 Å². The second-order valence-corrected chi connectivity index (χ2v) is 4.53. The topological polar surface area (TPSA) is 87.2 Å². The molecule has 1 aliphatic rings. The molecule has 1 fully saturated rings. The largest absolute Gasteiger partial charge is 0.477 e. The number of carboxylic acids is 1. The molecule has 0 radical (unpaired) electrons. The Kier molecular flexibility index (Phi) is 3.46. The number of rotatable bonds is 2. The van der Waals surface area contributed by atoms with Gasteiger partial charge in [0.1, 0.15) is 5.70 Å². The average molecular weight is 244 g/mol. The van der Waals surface area contributed by atoms with E-state index in [2.05, 4.69) is 0 Å². The molecule has 94 valence electrons. The number of benzene rings is 1. The average Bonchev–Trinajstić information content (AvgIpc) is 2.38. The fourth-order valence-electron chi connectivity index (χ4n) is 2.38. The lowest BCUT2D eigenvalue weighted by Crippen LogP contribution is -2.23. The molecule has 0 saturated heterocycles. The highest BCUT2D eigenvalue weighted by molar-refractivity contribution is 6.05. The summed E-state index contributed by atoms with van der Waals surface area (Å²) in [6.07, 6.45) is 1.97. The smallest absolute Gasteiger partial charge is 0.352 e. The summed E-state index contributed by atoms with van der Waals surface area (Å²) >= 11 is 0. The monoisotopic (exact) mass is 244 g/mol. The van der Waals surface area contributed by atoms with Crippen molar-refractivity contribution < 1.29 is 9.90 Å². The molecule has 0 spiro atoms. The molecule has 2 rings (SSSR count). The highest BCUT2D eigenvalue weighted by Crippen LogP contribution is 2.34. The lowest BCUT2D eigenvalue weighted by atomic mass is 9.80. The molecule has 0 heterocycles. The van der Waals surface area contributed by atoms with Gasteiger partial charge in [0, 0.05) is 11.3 Å². The van der Waals surface area contributed by atoms with Crippen molar-refractivity contribution in [3.63, 3.8) is 0 Å². The van der Waals surface area contributed by atoms with Gasteiger partial charge in [0.25, 0.3) is 0 Å². The molecule has 1 saturated carbocycles. The van der Waals surface area contributed by atoms with Gasteiger partial charge in [-0.3, -0.25) is 0 Å². The summed E-state index contributed by atoms with van der Waals surface area (Å²) in [5.41, 5.74) is 7.39. The number of allylic oxidation sites excluding steroid dienone is 1. The van der Waals surface area contributed by atoms with Crippen molar-refractivity contribution in [3.8, 4) is 0 Å². The van der Waals surface area contributed by atoms with Gasteiger partial charge >= 0.3 is 5.97 Å². The lowest BCUT2D eigenvalue weighted by molar-refractivity contribution is -0.132. The molecule has 1 aromatic rings. The highest BCUT2D eigenvalue weighted by atomic mass is 16.4. The van der Waals surface area contributed by atoms with Crippen molar-refractivity contribution >= 4 is 11.7 Å². The van der Waals surface area contributed by atoms with E-state index in [0.717, 1.165) is 6.42 Å². The second-order valence-electron chi connectivity index (χ2n) is 4.53. The van der Waals surface area contributed by atoms with Crippen molar-refractivity contribution in [2.45, 2.75) is 25.2 Å². The lowest BCUT2D eigenvalue weighted by Gasteiger charge is -2.25. The van der Waals surface area contributed by atoms with E-state index in [1.54, 1.807) is 0 Å². The molecule has 0 aromatic heterocycles. The van der Waals surface area contributed by atoms with Crippen LogP contribution in [0.15, 0.2) is 41.6 Å². The molecular weight excluding hydrogens is 228 g/mol. The van der Waals surface area contributed by atoms with Crippen LogP contribution < -0.4 is 5.73 Å². The maximum Gasteiger partial charge on any atom is 0.352 e. The molecule has 1 aliphatic carbocycles. The normalized spacial score (nSPS) is 22.7. The Morgan fingerprint density at radius 2 is 2.00 bits per heavy atom. The number of hydrogen-bond acceptors (Lipinski definition) is 3. The SMILES string of the molecule is N=C1CC(c2ccccc2)CCC1=C(N)C(=O)O. The van der Waals surface area contributed by atoms with Crippen molar-refractivity contribution in [1.29, 1.82) is 5.41 Å². The first kappa shape index (κ1) is 12.4. The van der Waals surface area contributed by atoms with Crippen LogP contribution in [0.3, 0.4) is 0 Å². The molecule has 0 amide bonds. The quantitative estimate of drug-likeness (QED) is 0.697. The zero-order valence-corrected chi connectivity index (χ0v) is 10.0. The van der Waals surface area contributed by atoms with E-state index < -0.39 is 5.97 Å². The van der Waals surface area contributed by atoms with Crippen molar-refractivity contribution in [1.82, 2.24) is 0 Å². The van der Waals surface area contributed by atoms with Gasteiger partial charge < -0.3 is 16.2 Å². The number of aliphatic carboxylic acids is 1. The number of carbonyl (C=O) groups is 1. The van der Waals surface area contributed by atoms with Crippen LogP contribution in [0.2, 0.25) is 0 Å². The first-order valence-electron chi connectivity index (χ1n) is 5.94. The molecule has 4 nitrogen and oxygen atoms in total. The zero-order chi connectivity index (χ0) is 13.1. The summed E-state index contributed by atoms with van der Waals surface area (Å²) < 4.78 is 0. The van der Waals surface area contributed by atoms with Gasteiger partial charge in [-0.15, -0.1) is 0 Å². The molecule has 0 bridgehead atoms. The fraction of sp³-hybridized carbons (Fsp3) is 0.286. The third-order valence-electron chi connectivity index (χ3n) is 3.38. The summed E-state index contributed by atoms with van der Waals surface area (Å²) in [5.74, 6) is -0.836. The summed E-state index contributed by atoms with van der Waals surface area (Å²) in [6.45, 7) is 0. The van der Waals surface area contributed by atoms with Crippen LogP contribution >= 0.6 is 0 Å². The Balaban J connectivity index is 2.17. The predicted molar refractivity (Wildman–Crippen MR) is 69.6 cm³/mol. The standard InChI is InChI=1S/C14H16N2O2/c15-12-8-10(9-4-2-1-3-5-9)6-7-11(12)13(16)14(17)18/h1-5,10,15H,6-8,16H2,(H,17,18). The molecule has 4 N–H and O–H groups in total. The number of hydrogen-bond donors (Lipinski definition) is 3. The molecule has 18 heavy (non-hydrogen) atoms. The first-order valence-corrected chi connectivity index (χ1v) is 5.94. The van der Waals surface area contributed by atoms with Crippen LogP contribution in [0.1, 0.15) is 30.7 Å². The third-order valence-corrected chi connectivity index (χ3v) is 3.38.